The Bertz CT molecular complexity index is 388. The number of nitrogens with zero attached hydrogens (tertiary/aromatic N) is 1. The Morgan fingerprint density at radius 2 is 2.25 bits per heavy atom. The number of carbonyl (C=O) groups is 2. The minimum atomic E-state index is -0.917. The summed E-state index contributed by atoms with van der Waals surface area (Å²) < 4.78 is 5.44. The molecule has 0 aliphatic heterocycles. The lowest BCUT2D eigenvalue weighted by molar-refractivity contribution is -0.137. The second-order valence-corrected chi connectivity index (χ2v) is 3.95. The van der Waals surface area contributed by atoms with Crippen LogP contribution >= 0.6 is 15.9 Å². The van der Waals surface area contributed by atoms with Gasteiger partial charge in [0, 0.05) is 19.2 Å². The summed E-state index contributed by atoms with van der Waals surface area (Å²) in [7, 11) is 0. The van der Waals surface area contributed by atoms with Gasteiger partial charge in [0.05, 0.1) is 12.0 Å². The lowest BCUT2D eigenvalue weighted by atomic mass is 10.2. The molecule has 6 heteroatoms. The molecule has 0 saturated heterocycles. The van der Waals surface area contributed by atoms with Crippen LogP contribution in [0.2, 0.25) is 0 Å². The Kier molecular flexibility index (Phi) is 4.54. The van der Waals surface area contributed by atoms with Gasteiger partial charge in [-0.25, -0.2) is 0 Å². The van der Waals surface area contributed by atoms with E-state index in [1.807, 2.05) is 0 Å². The van der Waals surface area contributed by atoms with Gasteiger partial charge in [0.2, 0.25) is 0 Å². The van der Waals surface area contributed by atoms with Crippen molar-refractivity contribution in [2.45, 2.75) is 13.3 Å². The van der Waals surface area contributed by atoms with E-state index in [9.17, 15) is 9.59 Å². The highest BCUT2D eigenvalue weighted by atomic mass is 79.9. The molecule has 1 N–H and O–H groups in total. The van der Waals surface area contributed by atoms with Crippen LogP contribution in [0.15, 0.2) is 21.4 Å². The van der Waals surface area contributed by atoms with Crippen molar-refractivity contribution in [3.8, 4) is 0 Å². The van der Waals surface area contributed by atoms with Gasteiger partial charge in [-0.05, 0) is 22.9 Å². The van der Waals surface area contributed by atoms with Crippen molar-refractivity contribution >= 4 is 27.8 Å². The number of carboxylic acids is 1. The SMILES string of the molecule is CCN(CCC(=O)O)C(=O)c1coc(Br)c1. The summed E-state index contributed by atoms with van der Waals surface area (Å²) in [5.41, 5.74) is 0.416. The van der Waals surface area contributed by atoms with Crippen molar-refractivity contribution in [3.63, 3.8) is 0 Å². The molecule has 0 spiro atoms. The van der Waals surface area contributed by atoms with Gasteiger partial charge >= 0.3 is 5.97 Å². The van der Waals surface area contributed by atoms with Crippen molar-refractivity contribution in [1.82, 2.24) is 4.90 Å². The number of hydrogen-bond donors (Lipinski definition) is 1. The fraction of sp³-hybridized carbons (Fsp3) is 0.400. The Balaban J connectivity index is 2.66. The minimum Gasteiger partial charge on any atom is -0.481 e. The summed E-state index contributed by atoms with van der Waals surface area (Å²) in [4.78, 5) is 23.7. The first-order chi connectivity index (χ1) is 7.54. The summed E-state index contributed by atoms with van der Waals surface area (Å²) in [5, 5.41) is 8.55. The molecular formula is C10H12BrNO4. The lowest BCUT2D eigenvalue weighted by Gasteiger charge is -2.18. The van der Waals surface area contributed by atoms with Gasteiger partial charge in [-0.2, -0.15) is 0 Å². The molecule has 1 aromatic heterocycles. The fourth-order valence-electron chi connectivity index (χ4n) is 1.24. The maximum Gasteiger partial charge on any atom is 0.305 e. The zero-order valence-corrected chi connectivity index (χ0v) is 10.4. The van der Waals surface area contributed by atoms with Crippen molar-refractivity contribution in [2.75, 3.05) is 13.1 Å². The lowest BCUT2D eigenvalue weighted by Crippen LogP contribution is -2.32. The van der Waals surface area contributed by atoms with E-state index >= 15 is 0 Å². The van der Waals surface area contributed by atoms with Crippen molar-refractivity contribution in [3.05, 3.63) is 22.6 Å². The summed E-state index contributed by atoms with van der Waals surface area (Å²) in [5.74, 6) is -1.14. The molecule has 16 heavy (non-hydrogen) atoms. The first-order valence-corrected chi connectivity index (χ1v) is 5.59. The molecule has 0 atom stereocenters. The molecular weight excluding hydrogens is 278 g/mol. The molecule has 0 aliphatic rings. The van der Waals surface area contributed by atoms with Crippen molar-refractivity contribution < 1.29 is 19.1 Å². The average molecular weight is 290 g/mol. The Morgan fingerprint density at radius 1 is 1.56 bits per heavy atom. The van der Waals surface area contributed by atoms with Gasteiger partial charge in [0.1, 0.15) is 6.26 Å². The first kappa shape index (κ1) is 12.8. The third kappa shape index (κ3) is 3.37. The van der Waals surface area contributed by atoms with Gasteiger partial charge in [-0.1, -0.05) is 0 Å². The first-order valence-electron chi connectivity index (χ1n) is 4.79. The van der Waals surface area contributed by atoms with E-state index in [0.29, 0.717) is 16.8 Å². The van der Waals surface area contributed by atoms with Crippen LogP contribution in [-0.4, -0.2) is 35.0 Å². The normalized spacial score (nSPS) is 10.1. The third-order valence-corrected chi connectivity index (χ3v) is 2.49. The Hall–Kier alpha value is -1.30. The zero-order valence-electron chi connectivity index (χ0n) is 8.77. The van der Waals surface area contributed by atoms with Gasteiger partial charge in [0.15, 0.2) is 4.67 Å². The van der Waals surface area contributed by atoms with Crippen molar-refractivity contribution in [2.24, 2.45) is 0 Å². The highest BCUT2D eigenvalue weighted by molar-refractivity contribution is 9.10. The van der Waals surface area contributed by atoms with Crippen LogP contribution in [0.5, 0.6) is 0 Å². The van der Waals surface area contributed by atoms with E-state index in [2.05, 4.69) is 15.9 Å². The molecule has 1 amide bonds. The van der Waals surface area contributed by atoms with Crippen LogP contribution in [0.25, 0.3) is 0 Å². The van der Waals surface area contributed by atoms with E-state index < -0.39 is 5.97 Å². The molecule has 0 unspecified atom stereocenters. The number of hydrogen-bond acceptors (Lipinski definition) is 3. The second-order valence-electron chi connectivity index (χ2n) is 3.17. The number of halogens is 1. The molecule has 0 aromatic carbocycles. The van der Waals surface area contributed by atoms with Crippen LogP contribution < -0.4 is 0 Å². The van der Waals surface area contributed by atoms with Gasteiger partial charge in [0.25, 0.3) is 5.91 Å². The van der Waals surface area contributed by atoms with Gasteiger partial charge < -0.3 is 14.4 Å². The fourth-order valence-corrected chi connectivity index (χ4v) is 1.58. The molecule has 0 radical (unpaired) electrons. The Labute approximate surface area is 101 Å². The van der Waals surface area contributed by atoms with E-state index in [0.717, 1.165) is 0 Å². The number of furan rings is 1. The van der Waals surface area contributed by atoms with Crippen molar-refractivity contribution in [1.29, 1.82) is 0 Å². The van der Waals surface area contributed by atoms with Crippen LogP contribution in [0, 0.1) is 0 Å². The topological polar surface area (TPSA) is 70.8 Å². The molecule has 0 fully saturated rings. The molecule has 1 aromatic rings. The molecule has 1 heterocycles. The van der Waals surface area contributed by atoms with Crippen LogP contribution in [-0.2, 0) is 4.79 Å². The summed E-state index contributed by atoms with van der Waals surface area (Å²) in [6.45, 7) is 2.47. The molecule has 5 nitrogen and oxygen atoms in total. The van der Waals surface area contributed by atoms with E-state index in [1.54, 1.807) is 13.0 Å². The zero-order chi connectivity index (χ0) is 12.1. The Morgan fingerprint density at radius 3 is 2.69 bits per heavy atom. The third-order valence-electron chi connectivity index (χ3n) is 2.08. The number of carboxylic acid groups (broad SMARTS) is 1. The monoisotopic (exact) mass is 289 g/mol. The number of carbonyl (C=O) groups excluding carboxylic acids is 1. The van der Waals surface area contributed by atoms with Crippen LogP contribution in [0.1, 0.15) is 23.7 Å². The minimum absolute atomic E-state index is 0.0569. The van der Waals surface area contributed by atoms with E-state index in [-0.39, 0.29) is 18.9 Å². The smallest absolute Gasteiger partial charge is 0.305 e. The van der Waals surface area contributed by atoms with Gasteiger partial charge in [-0.15, -0.1) is 0 Å². The maximum absolute atomic E-state index is 11.9. The largest absolute Gasteiger partial charge is 0.481 e. The number of aliphatic carboxylic acids is 1. The summed E-state index contributed by atoms with van der Waals surface area (Å²) in [6, 6.07) is 1.56. The highest BCUT2D eigenvalue weighted by Gasteiger charge is 2.16. The summed E-state index contributed by atoms with van der Waals surface area (Å²) in [6.07, 6.45) is 1.29. The van der Waals surface area contributed by atoms with E-state index in [1.165, 1.54) is 11.2 Å². The molecule has 88 valence electrons. The standard InChI is InChI=1S/C10H12BrNO4/c1-2-12(4-3-9(13)14)10(15)7-5-8(11)16-6-7/h5-6H,2-4H2,1H3,(H,13,14). The second kappa shape index (κ2) is 5.69. The summed E-state index contributed by atoms with van der Waals surface area (Å²) >= 11 is 3.10. The number of amides is 1. The number of rotatable bonds is 5. The average Bonchev–Trinajstić information content (AvgIpc) is 2.65. The van der Waals surface area contributed by atoms with Crippen LogP contribution in [0.4, 0.5) is 0 Å². The quantitative estimate of drug-likeness (QED) is 0.900. The molecule has 0 bridgehead atoms. The molecule has 0 aliphatic carbocycles. The van der Waals surface area contributed by atoms with Gasteiger partial charge in [-0.3, -0.25) is 9.59 Å². The molecule has 1 rings (SSSR count). The maximum atomic E-state index is 11.9. The predicted molar refractivity (Wildman–Crippen MR) is 60.2 cm³/mol. The van der Waals surface area contributed by atoms with E-state index in [4.69, 9.17) is 9.52 Å². The highest BCUT2D eigenvalue weighted by Crippen LogP contribution is 2.15. The molecule has 0 saturated carbocycles. The predicted octanol–water partition coefficient (Wildman–Crippen LogP) is 1.98. The van der Waals surface area contributed by atoms with Crippen LogP contribution in [0.3, 0.4) is 0 Å².